The third-order valence-corrected chi connectivity index (χ3v) is 4.72. The Morgan fingerprint density at radius 3 is 2.20 bits per heavy atom. The van der Waals surface area contributed by atoms with Gasteiger partial charge in [0, 0.05) is 16.6 Å². The van der Waals surface area contributed by atoms with Crippen LogP contribution >= 0.6 is 11.3 Å². The molecule has 0 atom stereocenters. The number of aromatic nitrogens is 1. The Kier molecular flexibility index (Phi) is 4.86. The number of thiazole rings is 1. The van der Waals surface area contributed by atoms with Crippen molar-refractivity contribution in [3.05, 3.63) is 64.0 Å². The summed E-state index contributed by atoms with van der Waals surface area (Å²) in [5, 5.41) is 8.18. The highest BCUT2D eigenvalue weighted by atomic mass is 32.1. The molecule has 0 unspecified atom stereocenters. The Bertz CT molecular complexity index is 890. The van der Waals surface area contributed by atoms with Crippen LogP contribution in [0.25, 0.3) is 11.3 Å². The Morgan fingerprint density at radius 1 is 0.920 bits per heavy atom. The number of hydrogen-bond acceptors (Lipinski definition) is 3. The Hall–Kier alpha value is -2.66. The van der Waals surface area contributed by atoms with Crippen LogP contribution in [-0.2, 0) is 0 Å². The topological polar surface area (TPSA) is 54.0 Å². The first-order valence-electron chi connectivity index (χ1n) is 8.11. The normalized spacial score (nSPS) is 10.6. The molecule has 0 aliphatic rings. The van der Waals surface area contributed by atoms with E-state index >= 15 is 0 Å². The second kappa shape index (κ2) is 7.07. The summed E-state index contributed by atoms with van der Waals surface area (Å²) in [7, 11) is 0. The standard InChI is InChI=1S/C20H21N3OS/c1-12-5-7-16(8-6-12)21-19(24)23-20-22-17(11-25-20)18-14(3)9-13(2)10-15(18)4/h5-11H,1-4H3,(H2,21,22,23,24). The number of urea groups is 1. The van der Waals surface area contributed by atoms with Crippen molar-refractivity contribution in [2.24, 2.45) is 0 Å². The lowest BCUT2D eigenvalue weighted by Crippen LogP contribution is -2.19. The maximum absolute atomic E-state index is 12.1. The van der Waals surface area contributed by atoms with Gasteiger partial charge in [-0.25, -0.2) is 9.78 Å². The van der Waals surface area contributed by atoms with Gasteiger partial charge < -0.3 is 5.32 Å². The lowest BCUT2D eigenvalue weighted by atomic mass is 9.98. The van der Waals surface area contributed by atoms with Gasteiger partial charge in [0.2, 0.25) is 0 Å². The van der Waals surface area contributed by atoms with Crippen molar-refractivity contribution < 1.29 is 4.79 Å². The molecule has 1 aromatic heterocycles. The first-order valence-corrected chi connectivity index (χ1v) is 8.99. The molecular weight excluding hydrogens is 330 g/mol. The van der Waals surface area contributed by atoms with Crippen molar-refractivity contribution in [3.63, 3.8) is 0 Å². The summed E-state index contributed by atoms with van der Waals surface area (Å²) >= 11 is 1.42. The molecule has 5 heteroatoms. The average Bonchev–Trinajstić information content (AvgIpc) is 2.96. The predicted octanol–water partition coefficient (Wildman–Crippen LogP) is 5.69. The van der Waals surface area contributed by atoms with Crippen molar-refractivity contribution in [1.82, 2.24) is 4.98 Å². The first kappa shape index (κ1) is 17.2. The van der Waals surface area contributed by atoms with Crippen LogP contribution in [-0.4, -0.2) is 11.0 Å². The molecule has 1 heterocycles. The summed E-state index contributed by atoms with van der Waals surface area (Å²) in [6, 6.07) is 11.7. The number of carbonyl (C=O) groups excluding carboxylic acids is 1. The summed E-state index contributed by atoms with van der Waals surface area (Å²) in [5.74, 6) is 0. The SMILES string of the molecule is Cc1ccc(NC(=O)Nc2nc(-c3c(C)cc(C)cc3C)cs2)cc1. The largest absolute Gasteiger partial charge is 0.325 e. The number of benzene rings is 2. The van der Waals surface area contributed by atoms with Crippen LogP contribution in [0.1, 0.15) is 22.3 Å². The van der Waals surface area contributed by atoms with E-state index in [1.54, 1.807) is 0 Å². The number of amides is 2. The first-order chi connectivity index (χ1) is 11.9. The molecule has 0 spiro atoms. The Labute approximate surface area is 151 Å². The molecular formula is C20H21N3OS. The number of hydrogen-bond donors (Lipinski definition) is 2. The van der Waals surface area contributed by atoms with E-state index in [0.717, 1.165) is 22.5 Å². The van der Waals surface area contributed by atoms with Gasteiger partial charge in [0.1, 0.15) is 0 Å². The number of nitrogens with one attached hydrogen (secondary N) is 2. The van der Waals surface area contributed by atoms with E-state index in [4.69, 9.17) is 0 Å². The minimum atomic E-state index is -0.290. The minimum absolute atomic E-state index is 0.290. The van der Waals surface area contributed by atoms with Crippen molar-refractivity contribution in [2.45, 2.75) is 27.7 Å². The molecule has 0 aliphatic heterocycles. The van der Waals surface area contributed by atoms with Crippen LogP contribution in [0.4, 0.5) is 15.6 Å². The molecule has 2 aromatic carbocycles. The zero-order valence-electron chi connectivity index (χ0n) is 14.8. The zero-order valence-corrected chi connectivity index (χ0v) is 15.6. The lowest BCUT2D eigenvalue weighted by molar-refractivity contribution is 0.262. The van der Waals surface area contributed by atoms with E-state index in [9.17, 15) is 4.79 Å². The lowest BCUT2D eigenvalue weighted by Gasteiger charge is -2.09. The van der Waals surface area contributed by atoms with Crippen LogP contribution < -0.4 is 10.6 Å². The summed E-state index contributed by atoms with van der Waals surface area (Å²) in [4.78, 5) is 16.7. The van der Waals surface area contributed by atoms with E-state index < -0.39 is 0 Å². The predicted molar refractivity (Wildman–Crippen MR) is 106 cm³/mol. The van der Waals surface area contributed by atoms with Gasteiger partial charge >= 0.3 is 6.03 Å². The fraction of sp³-hybridized carbons (Fsp3) is 0.200. The second-order valence-electron chi connectivity index (χ2n) is 6.26. The van der Waals surface area contributed by atoms with Gasteiger partial charge in [-0.1, -0.05) is 35.4 Å². The molecule has 0 radical (unpaired) electrons. The van der Waals surface area contributed by atoms with E-state index in [1.807, 2.05) is 36.6 Å². The van der Waals surface area contributed by atoms with Gasteiger partial charge in [-0.15, -0.1) is 11.3 Å². The molecule has 128 valence electrons. The van der Waals surface area contributed by atoms with Crippen molar-refractivity contribution >= 4 is 28.2 Å². The quantitative estimate of drug-likeness (QED) is 0.637. The van der Waals surface area contributed by atoms with E-state index in [-0.39, 0.29) is 6.03 Å². The third-order valence-electron chi connectivity index (χ3n) is 3.97. The maximum Gasteiger partial charge on any atom is 0.325 e. The summed E-state index contributed by atoms with van der Waals surface area (Å²) in [5.41, 5.74) is 7.56. The molecule has 0 fully saturated rings. The maximum atomic E-state index is 12.1. The number of carbonyl (C=O) groups is 1. The third kappa shape index (κ3) is 4.06. The van der Waals surface area contributed by atoms with Gasteiger partial charge in [0.05, 0.1) is 5.69 Å². The summed E-state index contributed by atoms with van der Waals surface area (Å²) in [6.07, 6.45) is 0. The molecule has 2 N–H and O–H groups in total. The van der Waals surface area contributed by atoms with Gasteiger partial charge in [0.25, 0.3) is 0 Å². The highest BCUT2D eigenvalue weighted by Gasteiger charge is 2.12. The van der Waals surface area contributed by atoms with Gasteiger partial charge in [-0.3, -0.25) is 5.32 Å². The molecule has 0 saturated heterocycles. The monoisotopic (exact) mass is 351 g/mol. The number of anilines is 2. The molecule has 0 aliphatic carbocycles. The number of nitrogens with zero attached hydrogens (tertiary/aromatic N) is 1. The summed E-state index contributed by atoms with van der Waals surface area (Å²) in [6.45, 7) is 8.28. The van der Waals surface area contributed by atoms with Crippen molar-refractivity contribution in [3.8, 4) is 11.3 Å². The van der Waals surface area contributed by atoms with E-state index in [2.05, 4.69) is 48.5 Å². The molecule has 3 rings (SSSR count). The zero-order chi connectivity index (χ0) is 18.0. The van der Waals surface area contributed by atoms with Gasteiger partial charge in [0.15, 0.2) is 5.13 Å². The molecule has 25 heavy (non-hydrogen) atoms. The fourth-order valence-corrected chi connectivity index (χ4v) is 3.62. The van der Waals surface area contributed by atoms with E-state index in [1.165, 1.54) is 28.0 Å². The van der Waals surface area contributed by atoms with Crippen molar-refractivity contribution in [1.29, 1.82) is 0 Å². The minimum Gasteiger partial charge on any atom is -0.308 e. The van der Waals surface area contributed by atoms with E-state index in [0.29, 0.717) is 5.13 Å². The highest BCUT2D eigenvalue weighted by Crippen LogP contribution is 2.31. The fourth-order valence-electron chi connectivity index (χ4n) is 2.93. The van der Waals surface area contributed by atoms with Gasteiger partial charge in [-0.2, -0.15) is 0 Å². The molecule has 3 aromatic rings. The van der Waals surface area contributed by atoms with Crippen molar-refractivity contribution in [2.75, 3.05) is 10.6 Å². The number of rotatable bonds is 3. The van der Waals surface area contributed by atoms with Crippen LogP contribution in [0.3, 0.4) is 0 Å². The number of aryl methyl sites for hydroxylation is 4. The molecule has 2 amide bonds. The van der Waals surface area contributed by atoms with Crippen LogP contribution in [0.15, 0.2) is 41.8 Å². The molecule has 0 bridgehead atoms. The van der Waals surface area contributed by atoms with Crippen LogP contribution in [0.5, 0.6) is 0 Å². The van der Waals surface area contributed by atoms with Crippen LogP contribution in [0, 0.1) is 27.7 Å². The smallest absolute Gasteiger partial charge is 0.308 e. The molecule has 0 saturated carbocycles. The highest BCUT2D eigenvalue weighted by molar-refractivity contribution is 7.14. The van der Waals surface area contributed by atoms with Gasteiger partial charge in [-0.05, 0) is 51.0 Å². The Balaban J connectivity index is 1.74. The van der Waals surface area contributed by atoms with Crippen LogP contribution in [0.2, 0.25) is 0 Å². The molecule has 4 nitrogen and oxygen atoms in total. The summed E-state index contributed by atoms with van der Waals surface area (Å²) < 4.78 is 0. The second-order valence-corrected chi connectivity index (χ2v) is 7.11. The average molecular weight is 351 g/mol. The Morgan fingerprint density at radius 2 is 1.56 bits per heavy atom.